The van der Waals surface area contributed by atoms with Crippen LogP contribution in [0.2, 0.25) is 0 Å². The van der Waals surface area contributed by atoms with Crippen molar-refractivity contribution in [3.05, 3.63) is 65.7 Å². The Morgan fingerprint density at radius 2 is 1.82 bits per heavy atom. The lowest BCUT2D eigenvalue weighted by Crippen LogP contribution is -2.29. The smallest absolute Gasteiger partial charge is 0.254 e. The minimum absolute atomic E-state index is 0.0367. The maximum atomic E-state index is 13.9. The molecule has 0 aliphatic heterocycles. The number of rotatable bonds is 9. The maximum absolute atomic E-state index is 13.9. The van der Waals surface area contributed by atoms with Crippen molar-refractivity contribution >= 4 is 29.3 Å². The molecule has 33 heavy (non-hydrogen) atoms. The molecule has 8 nitrogen and oxygen atoms in total. The molecule has 2 N–H and O–H groups in total. The molecule has 174 valence electrons. The first kappa shape index (κ1) is 24.2. The molecule has 0 fully saturated rings. The summed E-state index contributed by atoms with van der Waals surface area (Å²) in [5, 5.41) is 14.2. The highest BCUT2D eigenvalue weighted by Crippen LogP contribution is 2.26. The Morgan fingerprint density at radius 1 is 1.12 bits per heavy atom. The number of aromatic nitrogens is 3. The summed E-state index contributed by atoms with van der Waals surface area (Å²) in [5.41, 5.74) is 0.626. The quantitative estimate of drug-likeness (QED) is 0.457. The molecule has 0 aliphatic rings. The molecule has 3 aromatic rings. The molecule has 2 amide bonds. The number of carbonyl (C=O) groups is 2. The highest BCUT2D eigenvalue weighted by molar-refractivity contribution is 8.00. The second kappa shape index (κ2) is 11.0. The second-order valence-corrected chi connectivity index (χ2v) is 8.55. The van der Waals surface area contributed by atoms with Gasteiger partial charge in [-0.15, -0.1) is 10.2 Å². The fourth-order valence-electron chi connectivity index (χ4n) is 3.12. The number of anilines is 1. The van der Waals surface area contributed by atoms with Gasteiger partial charge in [-0.2, -0.15) is 0 Å². The first-order chi connectivity index (χ1) is 15.8. The Morgan fingerprint density at radius 3 is 2.45 bits per heavy atom. The number of halogens is 1. The van der Waals surface area contributed by atoms with Crippen molar-refractivity contribution in [1.29, 1.82) is 0 Å². The molecule has 0 spiro atoms. The number of amides is 2. The van der Waals surface area contributed by atoms with E-state index in [1.165, 1.54) is 30.0 Å². The van der Waals surface area contributed by atoms with E-state index in [1.54, 1.807) is 51.3 Å². The van der Waals surface area contributed by atoms with E-state index in [2.05, 4.69) is 20.8 Å². The number of nitrogens with one attached hydrogen (secondary N) is 2. The molecule has 10 heteroatoms. The largest absolute Gasteiger partial charge is 0.497 e. The van der Waals surface area contributed by atoms with Crippen LogP contribution >= 0.6 is 11.8 Å². The highest BCUT2D eigenvalue weighted by atomic mass is 32.2. The van der Waals surface area contributed by atoms with Crippen LogP contribution in [0.1, 0.15) is 43.0 Å². The molecule has 0 unspecified atom stereocenters. The topological polar surface area (TPSA) is 98.1 Å². The van der Waals surface area contributed by atoms with E-state index in [1.807, 2.05) is 11.5 Å². The molecular weight excluding hydrogens is 445 g/mol. The number of thioether (sulfide) groups is 1. The Hall–Kier alpha value is -3.40. The summed E-state index contributed by atoms with van der Waals surface area (Å²) in [6.07, 6.45) is 0. The van der Waals surface area contributed by atoms with Crippen molar-refractivity contribution in [1.82, 2.24) is 20.1 Å². The SMILES string of the molecule is CCn1c(S[C@H](C)C(=O)Nc2ccc(OC)cc2)nnc1[C@@H](C)NC(=O)c1ccccc1F. The number of ether oxygens (including phenoxy) is 1. The Kier molecular flexibility index (Phi) is 8.05. The van der Waals surface area contributed by atoms with E-state index in [0.29, 0.717) is 29.0 Å². The van der Waals surface area contributed by atoms with E-state index in [9.17, 15) is 14.0 Å². The van der Waals surface area contributed by atoms with Crippen LogP contribution < -0.4 is 15.4 Å². The van der Waals surface area contributed by atoms with Gasteiger partial charge in [-0.1, -0.05) is 23.9 Å². The van der Waals surface area contributed by atoms with Gasteiger partial charge < -0.3 is 19.9 Å². The maximum Gasteiger partial charge on any atom is 0.254 e. The lowest BCUT2D eigenvalue weighted by atomic mass is 10.2. The van der Waals surface area contributed by atoms with E-state index in [4.69, 9.17) is 4.74 Å². The zero-order valence-electron chi connectivity index (χ0n) is 18.8. The monoisotopic (exact) mass is 471 g/mol. The van der Waals surface area contributed by atoms with E-state index in [0.717, 1.165) is 0 Å². The predicted octanol–water partition coefficient (Wildman–Crippen LogP) is 4.06. The fraction of sp³-hybridized carbons (Fsp3) is 0.304. The molecule has 1 aromatic heterocycles. The molecule has 1 heterocycles. The molecule has 0 bridgehead atoms. The molecule has 0 radical (unpaired) electrons. The van der Waals surface area contributed by atoms with E-state index >= 15 is 0 Å². The first-order valence-corrected chi connectivity index (χ1v) is 11.3. The van der Waals surface area contributed by atoms with Gasteiger partial charge in [0, 0.05) is 12.2 Å². The van der Waals surface area contributed by atoms with Crippen LogP contribution in [0, 0.1) is 5.82 Å². The normalized spacial score (nSPS) is 12.6. The fourth-order valence-corrected chi connectivity index (χ4v) is 4.04. The molecule has 2 atom stereocenters. The summed E-state index contributed by atoms with van der Waals surface area (Å²) in [6.45, 7) is 5.99. The third kappa shape index (κ3) is 5.89. The Labute approximate surface area is 195 Å². The van der Waals surface area contributed by atoms with Crippen LogP contribution in [0.25, 0.3) is 0 Å². The van der Waals surface area contributed by atoms with Crippen molar-refractivity contribution in [2.45, 2.75) is 43.8 Å². The lowest BCUT2D eigenvalue weighted by molar-refractivity contribution is -0.115. The summed E-state index contributed by atoms with van der Waals surface area (Å²) in [5.74, 6) is -0.0827. The lowest BCUT2D eigenvalue weighted by Gasteiger charge is -2.16. The molecular formula is C23H26FN5O3S. The van der Waals surface area contributed by atoms with Gasteiger partial charge in [-0.05, 0) is 57.2 Å². The summed E-state index contributed by atoms with van der Waals surface area (Å²) >= 11 is 1.27. The van der Waals surface area contributed by atoms with Crippen LogP contribution in [0.5, 0.6) is 5.75 Å². The number of nitrogens with zero attached hydrogens (tertiary/aromatic N) is 3. The van der Waals surface area contributed by atoms with Gasteiger partial charge in [-0.25, -0.2) is 4.39 Å². The van der Waals surface area contributed by atoms with Gasteiger partial charge in [0.05, 0.1) is 24.0 Å². The van der Waals surface area contributed by atoms with E-state index < -0.39 is 23.0 Å². The third-order valence-electron chi connectivity index (χ3n) is 4.92. The number of hydrogen-bond acceptors (Lipinski definition) is 6. The minimum atomic E-state index is -0.591. The molecule has 0 saturated carbocycles. The van der Waals surface area contributed by atoms with Gasteiger partial charge in [0.2, 0.25) is 5.91 Å². The average Bonchev–Trinajstić information content (AvgIpc) is 3.22. The van der Waals surface area contributed by atoms with Crippen LogP contribution in [0.4, 0.5) is 10.1 Å². The number of methoxy groups -OCH3 is 1. The van der Waals surface area contributed by atoms with Crippen LogP contribution in [0.15, 0.2) is 53.7 Å². The number of hydrogen-bond donors (Lipinski definition) is 2. The second-order valence-electron chi connectivity index (χ2n) is 7.24. The van der Waals surface area contributed by atoms with Gasteiger partial charge in [-0.3, -0.25) is 9.59 Å². The third-order valence-corrected chi connectivity index (χ3v) is 6.00. The molecule has 3 rings (SSSR count). The summed E-state index contributed by atoms with van der Waals surface area (Å²) in [7, 11) is 1.58. The van der Waals surface area contributed by atoms with Gasteiger partial charge in [0.15, 0.2) is 11.0 Å². The Bertz CT molecular complexity index is 1120. The minimum Gasteiger partial charge on any atom is -0.497 e. The summed E-state index contributed by atoms with van der Waals surface area (Å²) in [6, 6.07) is 12.3. The average molecular weight is 472 g/mol. The van der Waals surface area contributed by atoms with Crippen LogP contribution in [0.3, 0.4) is 0 Å². The molecule has 0 saturated heterocycles. The summed E-state index contributed by atoms with van der Waals surface area (Å²) in [4.78, 5) is 25.1. The van der Waals surface area contributed by atoms with Crippen molar-refractivity contribution in [3.8, 4) is 5.75 Å². The number of benzene rings is 2. The van der Waals surface area contributed by atoms with Crippen molar-refractivity contribution in [2.24, 2.45) is 0 Å². The zero-order chi connectivity index (χ0) is 24.0. The van der Waals surface area contributed by atoms with Gasteiger partial charge in [0.25, 0.3) is 5.91 Å². The van der Waals surface area contributed by atoms with Crippen LogP contribution in [-0.2, 0) is 11.3 Å². The van der Waals surface area contributed by atoms with Crippen molar-refractivity contribution in [3.63, 3.8) is 0 Å². The highest BCUT2D eigenvalue weighted by Gasteiger charge is 2.23. The summed E-state index contributed by atoms with van der Waals surface area (Å²) < 4.78 is 20.9. The van der Waals surface area contributed by atoms with Crippen LogP contribution in [-0.4, -0.2) is 38.9 Å². The zero-order valence-corrected chi connectivity index (χ0v) is 19.6. The molecule has 0 aliphatic carbocycles. The predicted molar refractivity (Wildman–Crippen MR) is 125 cm³/mol. The van der Waals surface area contributed by atoms with Gasteiger partial charge in [0.1, 0.15) is 11.6 Å². The Balaban J connectivity index is 1.67. The van der Waals surface area contributed by atoms with E-state index in [-0.39, 0.29) is 11.5 Å². The standard InChI is InChI=1S/C23H26FN5O3S/c1-5-29-20(14(2)25-22(31)18-8-6-7-9-19(18)24)27-28-23(29)33-15(3)21(30)26-16-10-12-17(32-4)13-11-16/h6-15H,5H2,1-4H3,(H,25,31)(H,26,30)/t14-,15-/m1/s1. The van der Waals surface area contributed by atoms with Crippen molar-refractivity contribution < 1.29 is 18.7 Å². The van der Waals surface area contributed by atoms with Crippen molar-refractivity contribution in [2.75, 3.05) is 12.4 Å². The molecule has 2 aromatic carbocycles. The first-order valence-electron chi connectivity index (χ1n) is 10.4. The van der Waals surface area contributed by atoms with Gasteiger partial charge >= 0.3 is 0 Å². The number of carbonyl (C=O) groups excluding carboxylic acids is 2.